The fourth-order valence-electron chi connectivity index (χ4n) is 1.34. The molecule has 0 aliphatic rings. The Morgan fingerprint density at radius 2 is 2.16 bits per heavy atom. The predicted molar refractivity (Wildman–Crippen MR) is 62.8 cm³/mol. The molecule has 0 aliphatic carbocycles. The summed E-state index contributed by atoms with van der Waals surface area (Å²) in [5.41, 5.74) is -0.575. The van der Waals surface area contributed by atoms with E-state index in [1.165, 1.54) is 13.2 Å². The molecule has 0 aromatic heterocycles. The fraction of sp³-hybridized carbons (Fsp3) is 0.273. The first-order valence-electron chi connectivity index (χ1n) is 5.15. The van der Waals surface area contributed by atoms with Gasteiger partial charge in [0.05, 0.1) is 36.7 Å². The van der Waals surface area contributed by atoms with E-state index in [0.717, 1.165) is 6.07 Å². The number of hydrogen-bond donors (Lipinski definition) is 1. The van der Waals surface area contributed by atoms with Crippen LogP contribution in [0.1, 0.15) is 16.8 Å². The molecule has 0 heterocycles. The molecule has 0 radical (unpaired) electrons. The van der Waals surface area contributed by atoms with E-state index in [0.29, 0.717) is 6.29 Å². The van der Waals surface area contributed by atoms with Crippen LogP contribution >= 0.6 is 0 Å². The Balaban J connectivity index is 3.07. The van der Waals surface area contributed by atoms with Gasteiger partial charge in [-0.3, -0.25) is 19.7 Å². The Morgan fingerprint density at radius 3 is 2.63 bits per heavy atom. The van der Waals surface area contributed by atoms with Crippen LogP contribution in [0.15, 0.2) is 12.1 Å². The highest BCUT2D eigenvalue weighted by Crippen LogP contribution is 2.34. The van der Waals surface area contributed by atoms with Gasteiger partial charge in [-0.2, -0.15) is 0 Å². The van der Waals surface area contributed by atoms with E-state index in [1.807, 2.05) is 0 Å². The Kier molecular flexibility index (Phi) is 4.81. The molecule has 0 saturated heterocycles. The Labute approximate surface area is 107 Å². The zero-order valence-corrected chi connectivity index (χ0v) is 9.99. The maximum Gasteiger partial charge on any atom is 0.306 e. The minimum absolute atomic E-state index is 0.0149. The second-order valence-electron chi connectivity index (χ2n) is 3.43. The van der Waals surface area contributed by atoms with Crippen LogP contribution in [0.2, 0.25) is 0 Å². The Morgan fingerprint density at radius 1 is 1.47 bits per heavy atom. The summed E-state index contributed by atoms with van der Waals surface area (Å²) in [4.78, 5) is 31.1. The van der Waals surface area contributed by atoms with Crippen molar-refractivity contribution in [2.24, 2.45) is 0 Å². The Bertz CT molecular complexity index is 512. The molecule has 0 aliphatic heterocycles. The van der Waals surface area contributed by atoms with Crippen LogP contribution in [0.25, 0.3) is 0 Å². The molecule has 1 rings (SSSR count). The van der Waals surface area contributed by atoms with Crippen LogP contribution in [0.3, 0.4) is 0 Å². The molecule has 1 aromatic carbocycles. The van der Waals surface area contributed by atoms with Crippen molar-refractivity contribution in [2.45, 2.75) is 6.42 Å². The molecular weight excluding hydrogens is 258 g/mol. The molecule has 0 amide bonds. The van der Waals surface area contributed by atoms with Crippen molar-refractivity contribution in [3.63, 3.8) is 0 Å². The average Bonchev–Trinajstić information content (AvgIpc) is 2.37. The largest absolute Gasteiger partial charge is 0.493 e. The second-order valence-corrected chi connectivity index (χ2v) is 3.43. The van der Waals surface area contributed by atoms with Crippen molar-refractivity contribution < 1.29 is 29.1 Å². The third-order valence-corrected chi connectivity index (χ3v) is 2.21. The summed E-state index contributed by atoms with van der Waals surface area (Å²) < 4.78 is 10.0. The van der Waals surface area contributed by atoms with Gasteiger partial charge < -0.3 is 14.6 Å². The lowest BCUT2D eigenvalue weighted by Gasteiger charge is -2.10. The van der Waals surface area contributed by atoms with Gasteiger partial charge in [0.1, 0.15) is 0 Å². The molecule has 0 atom stereocenters. The number of nitro groups is 1. The number of carbonyl (C=O) groups excluding carboxylic acids is 1. The predicted octanol–water partition coefficient (Wildman–Crippen LogP) is 1.27. The molecule has 102 valence electrons. The van der Waals surface area contributed by atoms with Gasteiger partial charge in [0.2, 0.25) is 0 Å². The van der Waals surface area contributed by atoms with Crippen molar-refractivity contribution in [1.29, 1.82) is 0 Å². The number of methoxy groups -OCH3 is 1. The van der Waals surface area contributed by atoms with E-state index in [-0.39, 0.29) is 30.1 Å². The zero-order valence-electron chi connectivity index (χ0n) is 9.99. The molecule has 0 saturated carbocycles. The van der Waals surface area contributed by atoms with E-state index >= 15 is 0 Å². The smallest absolute Gasteiger partial charge is 0.306 e. The summed E-state index contributed by atoms with van der Waals surface area (Å²) in [6.07, 6.45) is 0.0774. The van der Waals surface area contributed by atoms with E-state index < -0.39 is 16.6 Å². The minimum atomic E-state index is -1.06. The fourth-order valence-corrected chi connectivity index (χ4v) is 1.34. The van der Waals surface area contributed by atoms with Gasteiger partial charge in [0.25, 0.3) is 5.69 Å². The van der Waals surface area contributed by atoms with E-state index in [2.05, 4.69) is 0 Å². The molecule has 0 bridgehead atoms. The van der Waals surface area contributed by atoms with Crippen LogP contribution in [-0.2, 0) is 4.79 Å². The summed E-state index contributed by atoms with van der Waals surface area (Å²) in [5, 5.41) is 19.2. The normalized spacial score (nSPS) is 9.74. The third kappa shape index (κ3) is 3.66. The van der Waals surface area contributed by atoms with Crippen LogP contribution in [0.5, 0.6) is 11.5 Å². The summed E-state index contributed by atoms with van der Waals surface area (Å²) in [7, 11) is 1.31. The van der Waals surface area contributed by atoms with Crippen molar-refractivity contribution in [2.75, 3.05) is 13.7 Å². The molecule has 0 unspecified atom stereocenters. The van der Waals surface area contributed by atoms with Crippen molar-refractivity contribution in [3.8, 4) is 11.5 Å². The van der Waals surface area contributed by atoms with Gasteiger partial charge >= 0.3 is 5.97 Å². The number of ether oxygens (including phenoxy) is 2. The summed E-state index contributed by atoms with van der Waals surface area (Å²) in [6.45, 7) is -0.163. The number of aliphatic carboxylic acids is 1. The van der Waals surface area contributed by atoms with Crippen LogP contribution in [0.4, 0.5) is 5.69 Å². The van der Waals surface area contributed by atoms with Gasteiger partial charge in [-0.15, -0.1) is 0 Å². The number of carboxylic acid groups (broad SMARTS) is 1. The molecule has 1 N–H and O–H groups in total. The molecule has 0 spiro atoms. The van der Waals surface area contributed by atoms with Gasteiger partial charge in [-0.1, -0.05) is 0 Å². The molecule has 0 fully saturated rings. The molecule has 19 heavy (non-hydrogen) atoms. The zero-order chi connectivity index (χ0) is 14.4. The molecule has 8 heteroatoms. The number of rotatable bonds is 7. The lowest BCUT2D eigenvalue weighted by atomic mass is 10.1. The first-order valence-corrected chi connectivity index (χ1v) is 5.15. The number of benzene rings is 1. The summed E-state index contributed by atoms with van der Waals surface area (Å²) in [5.74, 6) is -0.919. The number of nitro benzene ring substituents is 1. The van der Waals surface area contributed by atoms with Gasteiger partial charge in [0.15, 0.2) is 17.8 Å². The van der Waals surface area contributed by atoms with Crippen molar-refractivity contribution in [1.82, 2.24) is 0 Å². The first-order chi connectivity index (χ1) is 8.99. The summed E-state index contributed by atoms with van der Waals surface area (Å²) in [6, 6.07) is 2.20. The van der Waals surface area contributed by atoms with Gasteiger partial charge in [0, 0.05) is 6.07 Å². The minimum Gasteiger partial charge on any atom is -0.493 e. The number of carboxylic acids is 1. The third-order valence-electron chi connectivity index (χ3n) is 2.21. The van der Waals surface area contributed by atoms with Crippen LogP contribution < -0.4 is 9.47 Å². The standard InChI is InChI=1S/C11H11NO7/c1-18-9-4-7(6-13)8(12(16)17)5-10(9)19-3-2-11(14)15/h4-6H,2-3H2,1H3,(H,14,15). The first kappa shape index (κ1) is 14.4. The molecular formula is C11H11NO7. The highest BCUT2D eigenvalue weighted by molar-refractivity contribution is 5.83. The maximum absolute atomic E-state index is 10.8. The van der Waals surface area contributed by atoms with Crippen LogP contribution in [0, 0.1) is 10.1 Å². The number of aldehydes is 1. The number of carbonyl (C=O) groups is 2. The van der Waals surface area contributed by atoms with E-state index in [4.69, 9.17) is 14.6 Å². The van der Waals surface area contributed by atoms with Gasteiger partial charge in [-0.25, -0.2) is 0 Å². The average molecular weight is 269 g/mol. The van der Waals surface area contributed by atoms with Gasteiger partial charge in [-0.05, 0) is 0 Å². The molecule has 1 aromatic rings. The lowest BCUT2D eigenvalue weighted by molar-refractivity contribution is -0.385. The number of hydrogen-bond acceptors (Lipinski definition) is 6. The van der Waals surface area contributed by atoms with Crippen LogP contribution in [-0.4, -0.2) is 36.0 Å². The Hall–Kier alpha value is -2.64. The maximum atomic E-state index is 10.8. The van der Waals surface area contributed by atoms with E-state index in [1.54, 1.807) is 0 Å². The number of nitrogens with zero attached hydrogens (tertiary/aromatic N) is 1. The second kappa shape index (κ2) is 6.34. The topological polar surface area (TPSA) is 116 Å². The highest BCUT2D eigenvalue weighted by Gasteiger charge is 2.19. The SMILES string of the molecule is COc1cc(C=O)c([N+](=O)[O-])cc1OCCC(=O)O. The van der Waals surface area contributed by atoms with E-state index in [9.17, 15) is 19.7 Å². The quantitative estimate of drug-likeness (QED) is 0.450. The summed E-state index contributed by atoms with van der Waals surface area (Å²) >= 11 is 0. The monoisotopic (exact) mass is 269 g/mol. The van der Waals surface area contributed by atoms with Crippen molar-refractivity contribution >= 4 is 17.9 Å². The van der Waals surface area contributed by atoms with Crippen molar-refractivity contribution in [3.05, 3.63) is 27.8 Å². The lowest BCUT2D eigenvalue weighted by Crippen LogP contribution is -2.06. The molecule has 8 nitrogen and oxygen atoms in total. The highest BCUT2D eigenvalue weighted by atomic mass is 16.6.